The summed E-state index contributed by atoms with van der Waals surface area (Å²) in [5.41, 5.74) is 2.35. The lowest BCUT2D eigenvalue weighted by Gasteiger charge is -2.15. The Labute approximate surface area is 215 Å². The normalized spacial score (nSPS) is 11.6. The van der Waals surface area contributed by atoms with E-state index in [1.807, 2.05) is 30.3 Å². The smallest absolute Gasteiger partial charge is 0.255 e. The molecule has 4 rings (SSSR count). The van der Waals surface area contributed by atoms with Gasteiger partial charge in [-0.25, -0.2) is 4.98 Å². The highest BCUT2D eigenvalue weighted by molar-refractivity contribution is 9.10. The molecule has 2 aromatic heterocycles. The summed E-state index contributed by atoms with van der Waals surface area (Å²) in [6, 6.07) is 14.6. The van der Waals surface area contributed by atoms with E-state index >= 15 is 0 Å². The van der Waals surface area contributed by atoms with Crippen LogP contribution in [0.15, 0.2) is 57.4 Å². The SMILES string of the molecule is CNC(=O)c1c(C(=O)C(C)(C)C)oc2nc(-c3ccc(Br)cc3Cl)c(-c3ccc(Cl)cc3)cc12. The predicted octanol–water partition coefficient (Wildman–Crippen LogP) is 7.82. The van der Waals surface area contributed by atoms with E-state index in [-0.39, 0.29) is 22.8 Å². The fourth-order valence-corrected chi connectivity index (χ4v) is 4.50. The highest BCUT2D eigenvalue weighted by atomic mass is 79.9. The number of benzene rings is 2. The van der Waals surface area contributed by atoms with Gasteiger partial charge in [-0.15, -0.1) is 0 Å². The molecular formula is C26H21BrCl2N2O3. The fraction of sp³-hybridized carbons (Fsp3) is 0.192. The summed E-state index contributed by atoms with van der Waals surface area (Å²) in [4.78, 5) is 30.8. The van der Waals surface area contributed by atoms with Gasteiger partial charge in [0.15, 0.2) is 5.76 Å². The second-order valence-corrected chi connectivity index (χ2v) is 10.6. The molecule has 0 unspecified atom stereocenters. The van der Waals surface area contributed by atoms with E-state index in [4.69, 9.17) is 32.6 Å². The average Bonchev–Trinajstić information content (AvgIpc) is 3.15. The first-order chi connectivity index (χ1) is 16.0. The van der Waals surface area contributed by atoms with Crippen LogP contribution in [0, 0.1) is 5.41 Å². The van der Waals surface area contributed by atoms with Crippen molar-refractivity contribution in [2.24, 2.45) is 5.41 Å². The number of nitrogens with one attached hydrogen (secondary N) is 1. The number of fused-ring (bicyclic) bond motifs is 1. The third kappa shape index (κ3) is 4.50. The molecule has 0 saturated heterocycles. The highest BCUT2D eigenvalue weighted by Crippen LogP contribution is 2.40. The van der Waals surface area contributed by atoms with Crippen LogP contribution in [0.1, 0.15) is 41.7 Å². The molecule has 2 aromatic carbocycles. The first-order valence-corrected chi connectivity index (χ1v) is 12.0. The lowest BCUT2D eigenvalue weighted by Crippen LogP contribution is -2.25. The van der Waals surface area contributed by atoms with Gasteiger partial charge in [0.05, 0.1) is 21.7 Å². The predicted molar refractivity (Wildman–Crippen MR) is 140 cm³/mol. The van der Waals surface area contributed by atoms with Crippen molar-refractivity contribution in [3.63, 3.8) is 0 Å². The fourth-order valence-electron chi connectivity index (χ4n) is 3.61. The Hall–Kier alpha value is -2.67. The van der Waals surface area contributed by atoms with Gasteiger partial charge in [0.25, 0.3) is 5.91 Å². The summed E-state index contributed by atoms with van der Waals surface area (Å²) >= 11 is 16.1. The molecule has 0 aliphatic heterocycles. The minimum atomic E-state index is -0.756. The number of carbonyl (C=O) groups is 2. The molecule has 34 heavy (non-hydrogen) atoms. The van der Waals surface area contributed by atoms with Crippen molar-refractivity contribution in [2.75, 3.05) is 7.05 Å². The van der Waals surface area contributed by atoms with Crippen molar-refractivity contribution < 1.29 is 14.0 Å². The number of Topliss-reactive ketones (excluding diaryl/α,β-unsaturated/α-hetero) is 1. The molecule has 0 spiro atoms. The number of carbonyl (C=O) groups excluding carboxylic acids is 2. The molecule has 1 amide bonds. The molecule has 0 fully saturated rings. The van der Waals surface area contributed by atoms with Crippen LogP contribution in [0.5, 0.6) is 0 Å². The summed E-state index contributed by atoms with van der Waals surface area (Å²) < 4.78 is 6.78. The zero-order valence-corrected chi connectivity index (χ0v) is 22.0. The van der Waals surface area contributed by atoms with Gasteiger partial charge in [-0.05, 0) is 35.9 Å². The maximum absolute atomic E-state index is 13.2. The lowest BCUT2D eigenvalue weighted by molar-refractivity contribution is 0.0820. The minimum Gasteiger partial charge on any atom is -0.434 e. The van der Waals surface area contributed by atoms with Crippen molar-refractivity contribution >= 4 is 61.9 Å². The van der Waals surface area contributed by atoms with Crippen LogP contribution in [0.25, 0.3) is 33.5 Å². The van der Waals surface area contributed by atoms with Crippen molar-refractivity contribution in [1.29, 1.82) is 0 Å². The van der Waals surface area contributed by atoms with Crippen molar-refractivity contribution in [3.05, 3.63) is 74.4 Å². The standard InChI is InChI=1S/C26H21BrCl2N2O3/c1-26(2,3)23(32)22-20(24(33)30-4)18-12-17(13-5-8-15(28)9-6-13)21(31-25(18)34-22)16-10-7-14(27)11-19(16)29/h5-12H,1-4H3,(H,30,33). The van der Waals surface area contributed by atoms with Crippen LogP contribution in [-0.2, 0) is 0 Å². The van der Waals surface area contributed by atoms with E-state index in [0.29, 0.717) is 32.3 Å². The van der Waals surface area contributed by atoms with Crippen molar-refractivity contribution in [1.82, 2.24) is 10.3 Å². The summed E-state index contributed by atoms with van der Waals surface area (Å²) in [6.07, 6.45) is 0. The van der Waals surface area contributed by atoms with E-state index in [9.17, 15) is 9.59 Å². The van der Waals surface area contributed by atoms with Gasteiger partial charge in [-0.3, -0.25) is 9.59 Å². The zero-order chi connectivity index (χ0) is 24.8. The summed E-state index contributed by atoms with van der Waals surface area (Å²) in [5.74, 6) is -0.736. The van der Waals surface area contributed by atoms with E-state index in [1.165, 1.54) is 7.05 Å². The number of aromatic nitrogens is 1. The molecule has 0 atom stereocenters. The lowest BCUT2D eigenvalue weighted by atomic mass is 9.87. The highest BCUT2D eigenvalue weighted by Gasteiger charge is 2.33. The topological polar surface area (TPSA) is 72.2 Å². The van der Waals surface area contributed by atoms with E-state index < -0.39 is 11.3 Å². The number of ketones is 1. The summed E-state index contributed by atoms with van der Waals surface area (Å²) in [5, 5.41) is 4.13. The average molecular weight is 560 g/mol. The van der Waals surface area contributed by atoms with Crippen LogP contribution < -0.4 is 5.32 Å². The Kier molecular flexibility index (Phi) is 6.60. The second-order valence-electron chi connectivity index (χ2n) is 8.83. The van der Waals surface area contributed by atoms with Gasteiger partial charge in [0, 0.05) is 33.1 Å². The quantitative estimate of drug-likeness (QED) is 0.259. The van der Waals surface area contributed by atoms with Crippen LogP contribution in [0.2, 0.25) is 10.0 Å². The Bertz CT molecular complexity index is 1440. The monoisotopic (exact) mass is 558 g/mol. The summed E-state index contributed by atoms with van der Waals surface area (Å²) in [7, 11) is 1.51. The molecule has 4 aromatic rings. The number of amides is 1. The van der Waals surface area contributed by atoms with E-state index in [2.05, 4.69) is 21.2 Å². The second kappa shape index (κ2) is 9.17. The Morgan fingerprint density at radius 3 is 2.26 bits per heavy atom. The first kappa shape index (κ1) is 24.5. The van der Waals surface area contributed by atoms with Gasteiger partial charge in [-0.2, -0.15) is 0 Å². The molecule has 0 aliphatic rings. The molecule has 2 heterocycles. The number of nitrogens with zero attached hydrogens (tertiary/aromatic N) is 1. The van der Waals surface area contributed by atoms with Crippen LogP contribution in [0.4, 0.5) is 0 Å². The largest absolute Gasteiger partial charge is 0.434 e. The third-order valence-electron chi connectivity index (χ3n) is 5.37. The molecule has 174 valence electrons. The van der Waals surface area contributed by atoms with E-state index in [1.54, 1.807) is 39.0 Å². The van der Waals surface area contributed by atoms with Gasteiger partial charge < -0.3 is 9.73 Å². The zero-order valence-electron chi connectivity index (χ0n) is 18.9. The molecule has 0 bridgehead atoms. The van der Waals surface area contributed by atoms with Crippen molar-refractivity contribution in [2.45, 2.75) is 20.8 Å². The number of furan rings is 1. The molecule has 1 N–H and O–H groups in total. The number of rotatable bonds is 4. The van der Waals surface area contributed by atoms with Crippen LogP contribution in [-0.4, -0.2) is 23.7 Å². The van der Waals surface area contributed by atoms with Gasteiger partial charge in [0.2, 0.25) is 11.5 Å². The Morgan fingerprint density at radius 2 is 1.68 bits per heavy atom. The third-order valence-corrected chi connectivity index (χ3v) is 6.42. The Balaban J connectivity index is 2.10. The van der Waals surface area contributed by atoms with Gasteiger partial charge in [0.1, 0.15) is 0 Å². The van der Waals surface area contributed by atoms with Crippen LogP contribution >= 0.6 is 39.1 Å². The first-order valence-electron chi connectivity index (χ1n) is 10.5. The molecule has 5 nitrogen and oxygen atoms in total. The minimum absolute atomic E-state index is 0.0181. The van der Waals surface area contributed by atoms with E-state index in [0.717, 1.165) is 10.0 Å². The number of pyridine rings is 1. The number of hydrogen-bond donors (Lipinski definition) is 1. The number of halogens is 3. The molecule has 0 saturated carbocycles. The number of hydrogen-bond acceptors (Lipinski definition) is 4. The summed E-state index contributed by atoms with van der Waals surface area (Å²) in [6.45, 7) is 5.32. The van der Waals surface area contributed by atoms with Crippen LogP contribution in [0.3, 0.4) is 0 Å². The molecule has 0 aliphatic carbocycles. The molecule has 8 heteroatoms. The van der Waals surface area contributed by atoms with Crippen molar-refractivity contribution in [3.8, 4) is 22.4 Å². The molecule has 0 radical (unpaired) electrons. The van der Waals surface area contributed by atoms with Gasteiger partial charge >= 0.3 is 0 Å². The molecular weight excluding hydrogens is 539 g/mol. The maximum Gasteiger partial charge on any atom is 0.255 e. The Morgan fingerprint density at radius 1 is 1.00 bits per heavy atom. The van der Waals surface area contributed by atoms with Gasteiger partial charge in [-0.1, -0.05) is 78.1 Å². The maximum atomic E-state index is 13.2.